The Hall–Kier alpha value is 25.6. The number of hydrogen-bond donors (Lipinski definition) is 0. The second-order valence-electron chi connectivity index (χ2n) is 2.65. The molecule has 0 aliphatic heterocycles. The Morgan fingerprint density at radius 1 is 0.257 bits per heavy atom. The van der Waals surface area contributed by atoms with Crippen molar-refractivity contribution in [1.82, 2.24) is 0 Å². The molecule has 0 amide bonds. The van der Waals surface area contributed by atoms with Gasteiger partial charge in [0.15, 0.2) is 0 Å². The van der Waals surface area contributed by atoms with E-state index in [0.717, 1.165) is 0 Å². The third-order valence-corrected chi connectivity index (χ3v) is 2560. The molecule has 0 fully saturated rings. The van der Waals surface area contributed by atoms with Gasteiger partial charge in [-0.25, -0.2) is 0 Å². The Morgan fingerprint density at radius 2 is 0.429 bits per heavy atom. The number of rotatable bonds is 16. The topological polar surface area (TPSA) is 0 Å². The first-order valence-corrected chi connectivity index (χ1v) is 219. The van der Waals surface area contributed by atoms with Crippen LogP contribution in [0.3, 0.4) is 0 Å². The molecule has 0 aliphatic carbocycles. The molecule has 0 heterocycles. The van der Waals surface area contributed by atoms with Crippen molar-refractivity contribution in [2.24, 2.45) is 0 Å². The second kappa shape index (κ2) is 36.7. The van der Waals surface area contributed by atoms with E-state index >= 15 is 0 Å². The summed E-state index contributed by atoms with van der Waals surface area (Å²) < 4.78 is 0. The third kappa shape index (κ3) is 25.7. The predicted molar refractivity (Wildman–Crippen MR) is 477 cm³/mol. The van der Waals surface area contributed by atoms with E-state index in [2.05, 4.69) is 335 Å². The summed E-state index contributed by atoms with van der Waals surface area (Å²) in [7, 11) is -7.57. The molecule has 0 radical (unpaired) electrons. The van der Waals surface area contributed by atoms with E-state index in [0.29, 0.717) is 13.3 Å². The van der Waals surface area contributed by atoms with Crippen LogP contribution in [0.4, 0.5) is 0 Å². The Kier molecular flexibility index (Phi) is 63.5. The normalized spacial score (nSPS) is 18.5. The molecular weight excluding hydrogens is 4440 g/mol. The average molecular weight is 4440 g/mol. The summed E-state index contributed by atoms with van der Waals surface area (Å²) in [6.07, 6.45) is 0. The van der Waals surface area contributed by atoms with Crippen molar-refractivity contribution in [2.45, 2.75) is 0 Å². The SMILES string of the molecule is I[I-]I(I)I(I)I(I)I(I)I(I)I(I)I(I)I(I)I(I)I(I)I(I)I(I)I(I)I(I)I(I)I(I)I. The maximum atomic E-state index is 3.32. The summed E-state index contributed by atoms with van der Waals surface area (Å²) in [4.78, 5) is 0. The van der Waals surface area contributed by atoms with Crippen LogP contribution in [0.5, 0.6) is 0 Å². The van der Waals surface area contributed by atoms with E-state index < -0.39 is 118 Å². The molecule has 35 heavy (non-hydrogen) atoms. The minimum absolute atomic E-state index is 0.374. The van der Waals surface area contributed by atoms with Gasteiger partial charge in [-0.1, -0.05) is 0 Å². The first-order chi connectivity index (χ1) is 15.9. The molecule has 0 N–H and O–H groups in total. The summed E-state index contributed by atoms with van der Waals surface area (Å²) in [6.45, 7) is 0. The van der Waals surface area contributed by atoms with Crippen molar-refractivity contribution in [3.8, 4) is 0 Å². The molecule has 0 aromatic rings. The van der Waals surface area contributed by atoms with Gasteiger partial charge in [0.25, 0.3) is 0 Å². The van der Waals surface area contributed by atoms with Crippen LogP contribution in [0.25, 0.3) is 0 Å². The van der Waals surface area contributed by atoms with Gasteiger partial charge in [0.1, 0.15) is 0 Å². The van der Waals surface area contributed by atoms with Gasteiger partial charge >= 0.3 is 475 Å². The first-order valence-electron chi connectivity index (χ1n) is 4.86. The zero-order chi connectivity index (χ0) is 27.9. The predicted octanol–water partition coefficient (Wildman–Crippen LogP) is 27.1. The van der Waals surface area contributed by atoms with Crippen LogP contribution in [0.15, 0.2) is 0 Å². The van der Waals surface area contributed by atoms with Gasteiger partial charge in [0.05, 0.1) is 0 Å². The average Bonchev–Trinajstić information content (AvgIpc) is 2.85. The van der Waals surface area contributed by atoms with Crippen LogP contribution in [0.1, 0.15) is 0 Å². The van der Waals surface area contributed by atoms with Crippen molar-refractivity contribution in [2.75, 3.05) is 0 Å². The van der Waals surface area contributed by atoms with Crippen molar-refractivity contribution >= 4 is 461 Å². The van der Waals surface area contributed by atoms with Crippen LogP contribution in [-0.2, 0) is 0 Å². The Labute approximate surface area is 447 Å². The first kappa shape index (κ1) is 60.6. The maximum absolute atomic E-state index is 3.32. The van der Waals surface area contributed by atoms with Crippen molar-refractivity contribution in [3.05, 3.63) is 0 Å². The molecule has 0 rings (SSSR count). The van der Waals surface area contributed by atoms with Gasteiger partial charge in [-0.3, -0.25) is 0 Å². The van der Waals surface area contributed by atoms with Gasteiger partial charge < -0.3 is 0 Å². The fraction of sp³-hybridized carbons (Fsp3) is 0. The molecule has 0 bridgehead atoms. The molecule has 0 aliphatic rings. The molecule has 0 aromatic carbocycles. The zero-order valence-corrected chi connectivity index (χ0v) is 88.7. The molecule has 35 heteroatoms. The Balaban J connectivity index is 5.29. The summed E-state index contributed by atoms with van der Waals surface area (Å²) >= 11 is 58.1. The standard InChI is InChI=1S/I35/c1-19-21(4)23(6)25(8)27(10)29(12)31(14)33(16)35(18)34(17)32(15)30(13)28(11)26(9)24(7)22(5)20(2)3/q-1. The monoisotopic (exact) mass is 4440 g/mol. The van der Waals surface area contributed by atoms with Crippen molar-refractivity contribution in [1.29, 1.82) is 0 Å². The number of hydrogen-bond acceptors (Lipinski definition) is 0. The summed E-state index contributed by atoms with van der Waals surface area (Å²) in [5, 5.41) is 0. The van der Waals surface area contributed by atoms with E-state index in [-0.39, 0.29) is 7.89 Å². The van der Waals surface area contributed by atoms with Gasteiger partial charge in [0, 0.05) is 0 Å². The molecule has 0 nitrogen and oxygen atoms in total. The molecule has 0 aromatic heterocycles. The van der Waals surface area contributed by atoms with Crippen LogP contribution < -0.4 is 13.3 Å². The van der Waals surface area contributed by atoms with Crippen LogP contribution in [0.2, 0.25) is 0 Å². The fourth-order valence-electron chi connectivity index (χ4n) is 0.447. The quantitative estimate of drug-likeness (QED) is 0.135. The molecular formula is I35-. The van der Waals surface area contributed by atoms with Crippen LogP contribution >= 0.6 is 461 Å². The van der Waals surface area contributed by atoms with E-state index in [9.17, 15) is 0 Å². The summed E-state index contributed by atoms with van der Waals surface area (Å²) in [6, 6.07) is 0. The molecule has 246 valence electrons. The van der Waals surface area contributed by atoms with E-state index in [1.165, 1.54) is 0 Å². The number of halogens is 35. The van der Waals surface area contributed by atoms with Crippen molar-refractivity contribution < 1.29 is 13.3 Å². The van der Waals surface area contributed by atoms with Gasteiger partial charge in [-0.05, 0) is 0 Å². The van der Waals surface area contributed by atoms with E-state index in [4.69, 9.17) is 0 Å². The van der Waals surface area contributed by atoms with E-state index in [1.807, 2.05) is 0 Å². The van der Waals surface area contributed by atoms with Crippen molar-refractivity contribution in [3.63, 3.8) is 0 Å². The van der Waals surface area contributed by atoms with Gasteiger partial charge in [-0.2, -0.15) is 0 Å². The van der Waals surface area contributed by atoms with Crippen LogP contribution in [-0.4, -0.2) is 0 Å². The minimum atomic E-state index is -0.513. The zero-order valence-electron chi connectivity index (χ0n) is 13.2. The Morgan fingerprint density at radius 3 is 0.600 bits per heavy atom. The molecule has 0 saturated heterocycles. The Bertz CT molecular complexity index is 548. The van der Waals surface area contributed by atoms with Crippen LogP contribution in [0, 0.1) is 0 Å². The molecule has 0 unspecified atom stereocenters. The summed E-state index contributed by atoms with van der Waals surface area (Å²) in [5.41, 5.74) is 0. The third-order valence-electron chi connectivity index (χ3n) is 1.27. The second-order valence-corrected chi connectivity index (χ2v) is 799. The van der Waals surface area contributed by atoms with Gasteiger partial charge in [0.2, 0.25) is 0 Å². The van der Waals surface area contributed by atoms with E-state index in [1.54, 1.807) is 0 Å². The molecule has 0 atom stereocenters. The van der Waals surface area contributed by atoms with Gasteiger partial charge in [-0.15, -0.1) is 0 Å². The molecule has 0 saturated carbocycles. The summed E-state index contributed by atoms with van der Waals surface area (Å²) in [5.74, 6) is 0. The molecule has 0 spiro atoms. The fourth-order valence-corrected chi connectivity index (χ4v) is 6080.